The van der Waals surface area contributed by atoms with Crippen LogP contribution in [0.5, 0.6) is 0 Å². The average Bonchev–Trinajstić information content (AvgIpc) is 3.71. The molecule has 47 heavy (non-hydrogen) atoms. The number of nitrogens with zero attached hydrogens (tertiary/aromatic N) is 1. The molecule has 2 aromatic heterocycles. The predicted octanol–water partition coefficient (Wildman–Crippen LogP) is 13.4. The summed E-state index contributed by atoms with van der Waals surface area (Å²) in [5.41, 5.74) is 7.67. The molecule has 10 rings (SSSR count). The third kappa shape index (κ3) is 4.04. The minimum Gasteiger partial charge on any atom is -0.455 e. The highest BCUT2D eigenvalue weighted by Crippen LogP contribution is 2.47. The first kappa shape index (κ1) is 26.3. The van der Waals surface area contributed by atoms with Crippen LogP contribution in [-0.4, -0.2) is 0 Å². The van der Waals surface area contributed by atoms with Gasteiger partial charge in [0.15, 0.2) is 0 Å². The SMILES string of the molecule is c1ccc2c(-c3ccc(N(c4cccc5c4ccc4c6ccccc6oc54)c4cccc5c4sc4ccccc45)cc3)cccc2c1. The number of hydrogen-bond acceptors (Lipinski definition) is 3. The third-order valence-electron chi connectivity index (χ3n) is 9.47. The van der Waals surface area contributed by atoms with Crippen molar-refractivity contribution in [1.29, 1.82) is 0 Å². The van der Waals surface area contributed by atoms with Gasteiger partial charge in [-0.3, -0.25) is 0 Å². The van der Waals surface area contributed by atoms with E-state index in [-0.39, 0.29) is 0 Å². The van der Waals surface area contributed by atoms with E-state index in [2.05, 4.69) is 163 Å². The monoisotopic (exact) mass is 617 g/mol. The van der Waals surface area contributed by atoms with Crippen molar-refractivity contribution in [2.24, 2.45) is 0 Å². The Morgan fingerprint density at radius 1 is 0.426 bits per heavy atom. The number of hydrogen-bond donors (Lipinski definition) is 0. The lowest BCUT2D eigenvalue weighted by Crippen LogP contribution is -2.10. The van der Waals surface area contributed by atoms with E-state index in [1.165, 1.54) is 47.8 Å². The smallest absolute Gasteiger partial charge is 0.143 e. The molecule has 3 heteroatoms. The average molecular weight is 618 g/mol. The standard InChI is InChI=1S/C44H27NOS/c1-2-12-31-28(10-1)11-7-15-32(31)29-22-24-30(25-23-29)45(40-19-9-17-38-35-14-4-6-21-42(35)47-44(38)40)39-18-8-16-36-33(39)26-27-37-34-13-3-5-20-41(34)46-43(36)37/h1-27H. The van der Waals surface area contributed by atoms with Gasteiger partial charge in [-0.2, -0.15) is 0 Å². The fourth-order valence-corrected chi connectivity index (χ4v) is 8.51. The summed E-state index contributed by atoms with van der Waals surface area (Å²) < 4.78 is 9.07. The highest BCUT2D eigenvalue weighted by atomic mass is 32.1. The van der Waals surface area contributed by atoms with Crippen molar-refractivity contribution < 1.29 is 4.42 Å². The summed E-state index contributed by atoms with van der Waals surface area (Å²) >= 11 is 1.86. The Balaban J connectivity index is 1.23. The van der Waals surface area contributed by atoms with E-state index in [1.54, 1.807) is 0 Å². The maximum Gasteiger partial charge on any atom is 0.143 e. The predicted molar refractivity (Wildman–Crippen MR) is 202 cm³/mol. The fraction of sp³-hybridized carbons (Fsp3) is 0. The van der Waals surface area contributed by atoms with Crippen LogP contribution in [0.2, 0.25) is 0 Å². The Morgan fingerprint density at radius 3 is 1.96 bits per heavy atom. The quantitative estimate of drug-likeness (QED) is 0.195. The molecule has 0 atom stereocenters. The van der Waals surface area contributed by atoms with E-state index in [0.717, 1.165) is 44.1 Å². The van der Waals surface area contributed by atoms with Crippen LogP contribution < -0.4 is 4.90 Å². The van der Waals surface area contributed by atoms with E-state index in [1.807, 2.05) is 17.4 Å². The Labute approximate surface area is 275 Å². The summed E-state index contributed by atoms with van der Waals surface area (Å²) in [6, 6.07) is 59.0. The van der Waals surface area contributed by atoms with Gasteiger partial charge in [-0.25, -0.2) is 0 Å². The summed E-state index contributed by atoms with van der Waals surface area (Å²) in [5, 5.41) is 9.63. The molecule has 2 nitrogen and oxygen atoms in total. The summed E-state index contributed by atoms with van der Waals surface area (Å²) in [7, 11) is 0. The molecular weight excluding hydrogens is 591 g/mol. The van der Waals surface area contributed by atoms with Gasteiger partial charge in [0.25, 0.3) is 0 Å². The number of thiophene rings is 1. The molecule has 220 valence electrons. The molecule has 2 heterocycles. The van der Waals surface area contributed by atoms with Crippen LogP contribution >= 0.6 is 11.3 Å². The molecule has 0 aliphatic heterocycles. The maximum absolute atomic E-state index is 6.51. The molecule has 0 amide bonds. The third-order valence-corrected chi connectivity index (χ3v) is 10.7. The second kappa shape index (κ2) is 10.3. The molecule has 0 N–H and O–H groups in total. The van der Waals surface area contributed by atoms with Crippen molar-refractivity contribution in [2.75, 3.05) is 4.90 Å². The zero-order valence-electron chi connectivity index (χ0n) is 25.4. The molecule has 8 aromatic carbocycles. The van der Waals surface area contributed by atoms with Crippen molar-refractivity contribution in [3.8, 4) is 11.1 Å². The summed E-state index contributed by atoms with van der Waals surface area (Å²) in [6.07, 6.45) is 0. The van der Waals surface area contributed by atoms with E-state index >= 15 is 0 Å². The molecule has 0 fully saturated rings. The molecule has 0 aliphatic carbocycles. The van der Waals surface area contributed by atoms with Gasteiger partial charge in [0.2, 0.25) is 0 Å². The molecule has 0 unspecified atom stereocenters. The van der Waals surface area contributed by atoms with E-state index in [9.17, 15) is 0 Å². The van der Waals surface area contributed by atoms with Crippen LogP contribution in [0, 0.1) is 0 Å². The minimum atomic E-state index is 0.913. The molecule has 0 saturated carbocycles. The van der Waals surface area contributed by atoms with E-state index in [0.29, 0.717) is 0 Å². The number of anilines is 3. The first-order valence-electron chi connectivity index (χ1n) is 15.9. The van der Waals surface area contributed by atoms with E-state index < -0.39 is 0 Å². The number of para-hydroxylation sites is 1. The number of furan rings is 1. The van der Waals surface area contributed by atoms with Crippen molar-refractivity contribution in [3.63, 3.8) is 0 Å². The molecule has 0 radical (unpaired) electrons. The second-order valence-corrected chi connectivity index (χ2v) is 13.1. The second-order valence-electron chi connectivity index (χ2n) is 12.1. The van der Waals surface area contributed by atoms with Crippen LogP contribution in [0.1, 0.15) is 0 Å². The summed E-state index contributed by atoms with van der Waals surface area (Å²) in [4.78, 5) is 2.43. The van der Waals surface area contributed by atoms with Crippen molar-refractivity contribution in [1.82, 2.24) is 0 Å². The lowest BCUT2D eigenvalue weighted by Gasteiger charge is -2.27. The Kier molecular flexibility index (Phi) is 5.78. The molecule has 10 aromatic rings. The highest BCUT2D eigenvalue weighted by molar-refractivity contribution is 7.26. The molecular formula is C44H27NOS. The van der Waals surface area contributed by atoms with Crippen LogP contribution in [0.3, 0.4) is 0 Å². The van der Waals surface area contributed by atoms with Crippen molar-refractivity contribution >= 4 is 92.1 Å². The number of benzene rings is 8. The zero-order chi connectivity index (χ0) is 30.9. The molecule has 0 spiro atoms. The van der Waals surface area contributed by atoms with Crippen LogP contribution in [-0.2, 0) is 0 Å². The van der Waals surface area contributed by atoms with Gasteiger partial charge in [-0.15, -0.1) is 11.3 Å². The van der Waals surface area contributed by atoms with Crippen molar-refractivity contribution in [3.05, 3.63) is 164 Å². The minimum absolute atomic E-state index is 0.913. The van der Waals surface area contributed by atoms with Crippen molar-refractivity contribution in [2.45, 2.75) is 0 Å². The summed E-state index contributed by atoms with van der Waals surface area (Å²) in [5.74, 6) is 0. The topological polar surface area (TPSA) is 16.4 Å². The van der Waals surface area contributed by atoms with Gasteiger partial charge in [0.05, 0.1) is 16.1 Å². The lowest BCUT2D eigenvalue weighted by atomic mass is 9.98. The normalized spacial score (nSPS) is 11.8. The van der Waals surface area contributed by atoms with Gasteiger partial charge < -0.3 is 9.32 Å². The Hall–Kier alpha value is -5.90. The number of rotatable bonds is 4. The van der Waals surface area contributed by atoms with Gasteiger partial charge in [-0.1, -0.05) is 121 Å². The maximum atomic E-state index is 6.51. The van der Waals surface area contributed by atoms with Gasteiger partial charge >= 0.3 is 0 Å². The highest BCUT2D eigenvalue weighted by Gasteiger charge is 2.21. The first-order chi connectivity index (χ1) is 23.3. The molecule has 0 saturated heterocycles. The van der Waals surface area contributed by atoms with Crippen LogP contribution in [0.4, 0.5) is 17.1 Å². The first-order valence-corrected chi connectivity index (χ1v) is 16.7. The number of fused-ring (bicyclic) bond motifs is 9. The van der Waals surface area contributed by atoms with Crippen LogP contribution in [0.15, 0.2) is 168 Å². The zero-order valence-corrected chi connectivity index (χ0v) is 26.2. The lowest BCUT2D eigenvalue weighted by molar-refractivity contribution is 0.672. The largest absolute Gasteiger partial charge is 0.455 e. The van der Waals surface area contributed by atoms with Crippen LogP contribution in [0.25, 0.3) is 74.8 Å². The van der Waals surface area contributed by atoms with Gasteiger partial charge in [0.1, 0.15) is 11.2 Å². The van der Waals surface area contributed by atoms with Gasteiger partial charge in [0, 0.05) is 42.7 Å². The molecule has 0 bridgehead atoms. The van der Waals surface area contributed by atoms with E-state index in [4.69, 9.17) is 4.42 Å². The fourth-order valence-electron chi connectivity index (χ4n) is 7.30. The Morgan fingerprint density at radius 2 is 1.06 bits per heavy atom. The van der Waals surface area contributed by atoms with Gasteiger partial charge in [-0.05, 0) is 64.4 Å². The molecule has 0 aliphatic rings. The Bertz CT molecular complexity index is 2800. The summed E-state index contributed by atoms with van der Waals surface area (Å²) in [6.45, 7) is 0.